The first-order valence-electron chi connectivity index (χ1n) is 5.09. The molecule has 2 N–H and O–H groups in total. The van der Waals surface area contributed by atoms with Gasteiger partial charge >= 0.3 is 11.9 Å². The standard InChI is InChI=1S/C10H18O6/c1-15-6-7-16-5-4-8(10(13)14)2-3-9(11)12/h8H,2-7H2,1H3,(H,11,12)(H,13,14). The summed E-state index contributed by atoms with van der Waals surface area (Å²) >= 11 is 0. The van der Waals surface area contributed by atoms with E-state index in [1.807, 2.05) is 0 Å². The van der Waals surface area contributed by atoms with Crippen LogP contribution in [0.1, 0.15) is 19.3 Å². The maximum Gasteiger partial charge on any atom is 0.306 e. The fourth-order valence-corrected chi connectivity index (χ4v) is 1.16. The minimum absolute atomic E-state index is 0.130. The topological polar surface area (TPSA) is 93.1 Å². The highest BCUT2D eigenvalue weighted by Crippen LogP contribution is 2.11. The van der Waals surface area contributed by atoms with Crippen LogP contribution in [-0.2, 0) is 19.1 Å². The van der Waals surface area contributed by atoms with Crippen molar-refractivity contribution in [2.75, 3.05) is 26.9 Å². The van der Waals surface area contributed by atoms with Crippen molar-refractivity contribution in [3.8, 4) is 0 Å². The van der Waals surface area contributed by atoms with E-state index in [2.05, 4.69) is 0 Å². The molecule has 0 aliphatic carbocycles. The Balaban J connectivity index is 3.68. The SMILES string of the molecule is COCCOCCC(CCC(=O)O)C(=O)O. The normalized spacial score (nSPS) is 12.3. The lowest BCUT2D eigenvalue weighted by molar-refractivity contribution is -0.143. The first-order chi connectivity index (χ1) is 7.57. The van der Waals surface area contributed by atoms with E-state index >= 15 is 0 Å². The summed E-state index contributed by atoms with van der Waals surface area (Å²) < 4.78 is 9.88. The lowest BCUT2D eigenvalue weighted by atomic mass is 10.0. The van der Waals surface area contributed by atoms with Crippen LogP contribution in [0.2, 0.25) is 0 Å². The van der Waals surface area contributed by atoms with Crippen molar-refractivity contribution in [3.05, 3.63) is 0 Å². The van der Waals surface area contributed by atoms with Gasteiger partial charge in [-0.25, -0.2) is 0 Å². The maximum atomic E-state index is 10.8. The van der Waals surface area contributed by atoms with E-state index in [4.69, 9.17) is 19.7 Å². The molecule has 0 aromatic heterocycles. The van der Waals surface area contributed by atoms with Crippen molar-refractivity contribution in [3.63, 3.8) is 0 Å². The van der Waals surface area contributed by atoms with Crippen LogP contribution in [0.4, 0.5) is 0 Å². The first-order valence-corrected chi connectivity index (χ1v) is 5.09. The van der Waals surface area contributed by atoms with Gasteiger partial charge in [0.15, 0.2) is 0 Å². The van der Waals surface area contributed by atoms with Crippen LogP contribution in [0.15, 0.2) is 0 Å². The van der Waals surface area contributed by atoms with Gasteiger partial charge in [0, 0.05) is 20.1 Å². The highest BCUT2D eigenvalue weighted by Gasteiger charge is 2.18. The molecule has 0 heterocycles. The van der Waals surface area contributed by atoms with E-state index in [1.165, 1.54) is 0 Å². The summed E-state index contributed by atoms with van der Waals surface area (Å²) in [7, 11) is 1.55. The molecule has 16 heavy (non-hydrogen) atoms. The lowest BCUT2D eigenvalue weighted by Crippen LogP contribution is -2.18. The van der Waals surface area contributed by atoms with Crippen molar-refractivity contribution in [1.82, 2.24) is 0 Å². The van der Waals surface area contributed by atoms with E-state index in [1.54, 1.807) is 7.11 Å². The summed E-state index contributed by atoms with van der Waals surface area (Å²) in [6.07, 6.45) is 0.333. The summed E-state index contributed by atoms with van der Waals surface area (Å²) in [5, 5.41) is 17.3. The van der Waals surface area contributed by atoms with Crippen LogP contribution in [0.3, 0.4) is 0 Å². The predicted octanol–water partition coefficient (Wildman–Crippen LogP) is 0.605. The average molecular weight is 234 g/mol. The number of aliphatic carboxylic acids is 2. The van der Waals surface area contributed by atoms with E-state index in [0.717, 1.165) is 0 Å². The van der Waals surface area contributed by atoms with Crippen molar-refractivity contribution < 1.29 is 29.3 Å². The molecule has 0 aliphatic heterocycles. The van der Waals surface area contributed by atoms with Crippen molar-refractivity contribution in [2.45, 2.75) is 19.3 Å². The number of carbonyl (C=O) groups is 2. The van der Waals surface area contributed by atoms with E-state index in [-0.39, 0.29) is 12.8 Å². The number of methoxy groups -OCH3 is 1. The van der Waals surface area contributed by atoms with Gasteiger partial charge in [0.1, 0.15) is 0 Å². The van der Waals surface area contributed by atoms with Gasteiger partial charge in [-0.1, -0.05) is 0 Å². The minimum Gasteiger partial charge on any atom is -0.481 e. The van der Waals surface area contributed by atoms with Gasteiger partial charge in [0.2, 0.25) is 0 Å². The highest BCUT2D eigenvalue weighted by molar-refractivity contribution is 5.72. The Bertz CT molecular complexity index is 215. The Hall–Kier alpha value is -1.14. The quantitative estimate of drug-likeness (QED) is 0.538. The number of carboxylic acid groups (broad SMARTS) is 2. The molecule has 6 heteroatoms. The number of hydrogen-bond donors (Lipinski definition) is 2. The molecule has 0 bridgehead atoms. The van der Waals surface area contributed by atoms with E-state index in [9.17, 15) is 9.59 Å². The summed E-state index contributed by atoms with van der Waals surface area (Å²) in [5.74, 6) is -2.61. The maximum absolute atomic E-state index is 10.8. The summed E-state index contributed by atoms with van der Waals surface area (Å²) in [6.45, 7) is 1.19. The van der Waals surface area contributed by atoms with Crippen LogP contribution in [0.25, 0.3) is 0 Å². The highest BCUT2D eigenvalue weighted by atomic mass is 16.5. The first kappa shape index (κ1) is 14.9. The van der Waals surface area contributed by atoms with Crippen molar-refractivity contribution in [2.24, 2.45) is 5.92 Å². The van der Waals surface area contributed by atoms with Gasteiger partial charge in [0.05, 0.1) is 19.1 Å². The molecule has 0 fully saturated rings. The minimum atomic E-state index is -0.980. The summed E-state index contributed by atoms with van der Waals surface area (Å²) in [6, 6.07) is 0. The van der Waals surface area contributed by atoms with Gasteiger partial charge in [-0.15, -0.1) is 0 Å². The van der Waals surface area contributed by atoms with Gasteiger partial charge in [-0.3, -0.25) is 9.59 Å². The third kappa shape index (κ3) is 8.19. The zero-order valence-corrected chi connectivity index (χ0v) is 9.35. The fraction of sp³-hybridized carbons (Fsp3) is 0.800. The molecular formula is C10H18O6. The third-order valence-electron chi connectivity index (χ3n) is 2.10. The molecule has 1 unspecified atom stereocenters. The largest absolute Gasteiger partial charge is 0.481 e. The monoisotopic (exact) mass is 234 g/mol. The molecule has 0 amide bonds. The molecule has 0 radical (unpaired) electrons. The molecule has 6 nitrogen and oxygen atoms in total. The number of hydrogen-bond acceptors (Lipinski definition) is 4. The predicted molar refractivity (Wildman–Crippen MR) is 55.3 cm³/mol. The molecular weight excluding hydrogens is 216 g/mol. The number of rotatable bonds is 10. The third-order valence-corrected chi connectivity index (χ3v) is 2.10. The summed E-state index contributed by atoms with van der Waals surface area (Å²) in [5.41, 5.74) is 0. The summed E-state index contributed by atoms with van der Waals surface area (Å²) in [4.78, 5) is 21.1. The van der Waals surface area contributed by atoms with Crippen LogP contribution in [-0.4, -0.2) is 49.1 Å². The van der Waals surface area contributed by atoms with Crippen LogP contribution in [0.5, 0.6) is 0 Å². The van der Waals surface area contributed by atoms with Gasteiger partial charge in [-0.2, -0.15) is 0 Å². The van der Waals surface area contributed by atoms with Crippen molar-refractivity contribution in [1.29, 1.82) is 0 Å². The number of ether oxygens (including phenoxy) is 2. The second-order valence-corrected chi connectivity index (χ2v) is 3.36. The molecule has 0 aliphatic rings. The Kier molecular flexibility index (Phi) is 8.46. The Morgan fingerprint density at radius 1 is 1.12 bits per heavy atom. The number of carboxylic acids is 2. The molecule has 0 saturated heterocycles. The lowest BCUT2D eigenvalue weighted by Gasteiger charge is -2.10. The molecule has 1 atom stereocenters. The molecule has 0 spiro atoms. The van der Waals surface area contributed by atoms with Crippen molar-refractivity contribution >= 4 is 11.9 Å². The molecule has 0 saturated carbocycles. The van der Waals surface area contributed by atoms with E-state index in [0.29, 0.717) is 26.2 Å². The second kappa shape index (κ2) is 9.11. The second-order valence-electron chi connectivity index (χ2n) is 3.36. The van der Waals surface area contributed by atoms with Gasteiger partial charge in [-0.05, 0) is 12.8 Å². The molecule has 94 valence electrons. The fourth-order valence-electron chi connectivity index (χ4n) is 1.16. The molecule has 0 aromatic rings. The van der Waals surface area contributed by atoms with Gasteiger partial charge in [0.25, 0.3) is 0 Å². The zero-order valence-electron chi connectivity index (χ0n) is 9.35. The molecule has 0 rings (SSSR count). The Morgan fingerprint density at radius 3 is 2.31 bits per heavy atom. The van der Waals surface area contributed by atoms with E-state index < -0.39 is 17.9 Å². The Morgan fingerprint density at radius 2 is 1.81 bits per heavy atom. The van der Waals surface area contributed by atoms with Gasteiger partial charge < -0.3 is 19.7 Å². The zero-order chi connectivity index (χ0) is 12.4. The average Bonchev–Trinajstić information content (AvgIpc) is 2.21. The van der Waals surface area contributed by atoms with Crippen LogP contribution >= 0.6 is 0 Å². The van der Waals surface area contributed by atoms with Crippen LogP contribution in [0, 0.1) is 5.92 Å². The smallest absolute Gasteiger partial charge is 0.306 e. The Labute approximate surface area is 94.2 Å². The molecule has 0 aromatic carbocycles. The van der Waals surface area contributed by atoms with Crippen LogP contribution < -0.4 is 0 Å².